The van der Waals surface area contributed by atoms with Crippen LogP contribution in [0.3, 0.4) is 0 Å². The van der Waals surface area contributed by atoms with Crippen LogP contribution in [-0.4, -0.2) is 41.8 Å². The van der Waals surface area contributed by atoms with Gasteiger partial charge in [-0.15, -0.1) is 0 Å². The predicted molar refractivity (Wildman–Crippen MR) is 94.7 cm³/mol. The molecule has 1 atom stereocenters. The minimum Gasteiger partial charge on any atom is -0.444 e. The van der Waals surface area contributed by atoms with Crippen LogP contribution in [0.15, 0.2) is 0 Å². The van der Waals surface area contributed by atoms with Crippen LogP contribution in [0.1, 0.15) is 85.0 Å². The number of rotatable bonds is 2. The van der Waals surface area contributed by atoms with Crippen LogP contribution in [0.2, 0.25) is 0 Å². The summed E-state index contributed by atoms with van der Waals surface area (Å²) < 4.78 is 5.51. The van der Waals surface area contributed by atoms with E-state index >= 15 is 0 Å². The van der Waals surface area contributed by atoms with Gasteiger partial charge in [0.05, 0.1) is 0 Å². The molecule has 2 fully saturated rings. The SMILES string of the molecule is CC(C)(C)OC(=O)N1CCCC(NC2CCCCCCC2)CC1. The van der Waals surface area contributed by atoms with Crippen molar-refractivity contribution in [2.24, 2.45) is 0 Å². The largest absolute Gasteiger partial charge is 0.444 e. The third-order valence-electron chi connectivity index (χ3n) is 4.96. The molecule has 0 aromatic heterocycles. The first-order valence-corrected chi connectivity index (χ1v) is 9.68. The predicted octanol–water partition coefficient (Wildman–Crippen LogP) is 4.48. The van der Waals surface area contributed by atoms with E-state index in [1.54, 1.807) is 0 Å². The summed E-state index contributed by atoms with van der Waals surface area (Å²) in [5.74, 6) is 0. The van der Waals surface area contributed by atoms with Crippen molar-refractivity contribution in [2.75, 3.05) is 13.1 Å². The lowest BCUT2D eigenvalue weighted by Gasteiger charge is -2.27. The van der Waals surface area contributed by atoms with Gasteiger partial charge in [-0.3, -0.25) is 0 Å². The number of nitrogens with one attached hydrogen (secondary N) is 1. The number of hydrogen-bond acceptors (Lipinski definition) is 3. The van der Waals surface area contributed by atoms with E-state index in [9.17, 15) is 4.79 Å². The summed E-state index contributed by atoms with van der Waals surface area (Å²) in [6.45, 7) is 7.45. The Morgan fingerprint density at radius 1 is 0.870 bits per heavy atom. The Bertz CT molecular complexity index is 357. The molecule has 1 amide bonds. The van der Waals surface area contributed by atoms with Crippen molar-refractivity contribution in [3.63, 3.8) is 0 Å². The molecule has 0 radical (unpaired) electrons. The first kappa shape index (κ1) is 18.6. The highest BCUT2D eigenvalue weighted by atomic mass is 16.6. The topological polar surface area (TPSA) is 41.6 Å². The summed E-state index contributed by atoms with van der Waals surface area (Å²) in [6.07, 6.45) is 12.8. The Labute approximate surface area is 142 Å². The van der Waals surface area contributed by atoms with Crippen LogP contribution >= 0.6 is 0 Å². The van der Waals surface area contributed by atoms with E-state index in [2.05, 4.69) is 5.32 Å². The molecular weight excluding hydrogens is 288 g/mol. The second-order valence-corrected chi connectivity index (χ2v) is 8.30. The number of nitrogens with zero attached hydrogens (tertiary/aromatic N) is 1. The molecule has 1 aliphatic carbocycles. The van der Waals surface area contributed by atoms with Crippen molar-refractivity contribution in [1.29, 1.82) is 0 Å². The molecule has 0 bridgehead atoms. The molecule has 0 aromatic carbocycles. The smallest absolute Gasteiger partial charge is 0.410 e. The Balaban J connectivity index is 1.77. The van der Waals surface area contributed by atoms with Crippen molar-refractivity contribution < 1.29 is 9.53 Å². The third kappa shape index (κ3) is 7.11. The van der Waals surface area contributed by atoms with E-state index in [0.29, 0.717) is 12.1 Å². The highest BCUT2D eigenvalue weighted by Gasteiger charge is 2.26. The molecule has 1 unspecified atom stereocenters. The fourth-order valence-electron chi connectivity index (χ4n) is 3.73. The Hall–Kier alpha value is -0.770. The Morgan fingerprint density at radius 2 is 1.43 bits per heavy atom. The molecular formula is C19H36N2O2. The monoisotopic (exact) mass is 324 g/mol. The first-order chi connectivity index (χ1) is 10.9. The fourth-order valence-corrected chi connectivity index (χ4v) is 3.73. The van der Waals surface area contributed by atoms with Crippen molar-refractivity contribution in [3.05, 3.63) is 0 Å². The van der Waals surface area contributed by atoms with Crippen molar-refractivity contribution in [2.45, 2.75) is 103 Å². The van der Waals surface area contributed by atoms with E-state index in [4.69, 9.17) is 4.74 Å². The van der Waals surface area contributed by atoms with Crippen LogP contribution < -0.4 is 5.32 Å². The molecule has 1 heterocycles. The highest BCUT2D eigenvalue weighted by Crippen LogP contribution is 2.20. The second-order valence-electron chi connectivity index (χ2n) is 8.30. The van der Waals surface area contributed by atoms with Gasteiger partial charge in [0.2, 0.25) is 0 Å². The zero-order valence-electron chi connectivity index (χ0n) is 15.4. The van der Waals surface area contributed by atoms with Crippen LogP contribution in [0, 0.1) is 0 Å². The number of likely N-dealkylation sites (tertiary alicyclic amines) is 1. The van der Waals surface area contributed by atoms with Crippen LogP contribution in [-0.2, 0) is 4.74 Å². The average Bonchev–Trinajstić information content (AvgIpc) is 2.65. The van der Waals surface area contributed by atoms with Gasteiger partial charge < -0.3 is 15.0 Å². The average molecular weight is 325 g/mol. The molecule has 4 heteroatoms. The summed E-state index contributed by atoms with van der Waals surface area (Å²) in [5.41, 5.74) is -0.403. The van der Waals surface area contributed by atoms with Crippen molar-refractivity contribution >= 4 is 6.09 Å². The fraction of sp³-hybridized carbons (Fsp3) is 0.947. The zero-order valence-corrected chi connectivity index (χ0v) is 15.4. The third-order valence-corrected chi connectivity index (χ3v) is 4.96. The first-order valence-electron chi connectivity index (χ1n) is 9.68. The Morgan fingerprint density at radius 3 is 2.09 bits per heavy atom. The van der Waals surface area contributed by atoms with Gasteiger partial charge >= 0.3 is 6.09 Å². The lowest BCUT2D eigenvalue weighted by atomic mass is 9.95. The molecule has 1 saturated heterocycles. The number of carbonyl (C=O) groups excluding carboxylic acids is 1. The lowest BCUT2D eigenvalue weighted by Crippen LogP contribution is -2.40. The van der Waals surface area contributed by atoms with Crippen molar-refractivity contribution in [1.82, 2.24) is 10.2 Å². The van der Waals surface area contributed by atoms with Gasteiger partial charge in [0.25, 0.3) is 0 Å². The molecule has 2 rings (SSSR count). The minimum absolute atomic E-state index is 0.149. The molecule has 4 nitrogen and oxygen atoms in total. The normalized spacial score (nSPS) is 25.3. The van der Waals surface area contributed by atoms with E-state index in [-0.39, 0.29) is 6.09 Å². The minimum atomic E-state index is -0.403. The molecule has 1 saturated carbocycles. The number of ether oxygens (including phenoxy) is 1. The standard InChI is InChI=1S/C19H36N2O2/c1-19(2,3)23-18(22)21-14-9-12-17(13-15-21)20-16-10-7-5-4-6-8-11-16/h16-17,20H,4-15H2,1-3H3. The maximum atomic E-state index is 12.2. The second kappa shape index (κ2) is 8.91. The van der Waals surface area contributed by atoms with E-state index < -0.39 is 5.60 Å². The molecule has 1 aliphatic heterocycles. The quantitative estimate of drug-likeness (QED) is 0.814. The summed E-state index contributed by atoms with van der Waals surface area (Å²) in [5, 5.41) is 3.89. The maximum Gasteiger partial charge on any atom is 0.410 e. The molecule has 0 spiro atoms. The number of hydrogen-bond donors (Lipinski definition) is 1. The van der Waals surface area contributed by atoms with E-state index in [1.807, 2.05) is 25.7 Å². The van der Waals surface area contributed by atoms with Gasteiger partial charge in [-0.1, -0.05) is 32.1 Å². The summed E-state index contributed by atoms with van der Waals surface area (Å²) in [4.78, 5) is 14.1. The molecule has 1 N–H and O–H groups in total. The van der Waals surface area contributed by atoms with Gasteiger partial charge in [-0.25, -0.2) is 4.79 Å². The summed E-state index contributed by atoms with van der Waals surface area (Å²) in [6, 6.07) is 1.25. The number of amides is 1. The maximum absolute atomic E-state index is 12.2. The van der Waals surface area contributed by atoms with Crippen LogP contribution in [0.4, 0.5) is 4.79 Å². The van der Waals surface area contributed by atoms with Gasteiger partial charge in [0.15, 0.2) is 0 Å². The summed E-state index contributed by atoms with van der Waals surface area (Å²) >= 11 is 0. The highest BCUT2D eigenvalue weighted by molar-refractivity contribution is 5.68. The molecule has 134 valence electrons. The van der Waals surface area contributed by atoms with Crippen molar-refractivity contribution in [3.8, 4) is 0 Å². The molecule has 0 aromatic rings. The van der Waals surface area contributed by atoms with Gasteiger partial charge in [-0.05, 0) is 52.9 Å². The van der Waals surface area contributed by atoms with Gasteiger partial charge in [0, 0.05) is 25.2 Å². The van der Waals surface area contributed by atoms with Gasteiger partial charge in [-0.2, -0.15) is 0 Å². The van der Waals surface area contributed by atoms with Gasteiger partial charge in [0.1, 0.15) is 5.60 Å². The number of carbonyl (C=O) groups is 1. The van der Waals surface area contributed by atoms with E-state index in [1.165, 1.54) is 51.4 Å². The van der Waals surface area contributed by atoms with Crippen LogP contribution in [0.5, 0.6) is 0 Å². The lowest BCUT2D eigenvalue weighted by molar-refractivity contribution is 0.0256. The molecule has 2 aliphatic rings. The Kier molecular flexibility index (Phi) is 7.19. The van der Waals surface area contributed by atoms with Crippen LogP contribution in [0.25, 0.3) is 0 Å². The van der Waals surface area contributed by atoms with E-state index in [0.717, 1.165) is 25.9 Å². The summed E-state index contributed by atoms with van der Waals surface area (Å²) in [7, 11) is 0. The molecule has 23 heavy (non-hydrogen) atoms. The zero-order chi connectivity index (χ0) is 16.7.